The summed E-state index contributed by atoms with van der Waals surface area (Å²) in [6.45, 7) is 17.7. The quantitative estimate of drug-likeness (QED) is 0.241. The predicted octanol–water partition coefficient (Wildman–Crippen LogP) is 6.26. The van der Waals surface area contributed by atoms with E-state index < -0.39 is 58.2 Å². The molecule has 9 nitrogen and oxygen atoms in total. The number of para-hydroxylation sites is 2. The highest BCUT2D eigenvalue weighted by Gasteiger charge is 2.57. The zero-order chi connectivity index (χ0) is 30.7. The van der Waals surface area contributed by atoms with Crippen molar-refractivity contribution in [2.24, 2.45) is 0 Å². The van der Waals surface area contributed by atoms with E-state index >= 15 is 0 Å². The van der Waals surface area contributed by atoms with Gasteiger partial charge in [0.15, 0.2) is 0 Å². The number of esters is 2. The van der Waals surface area contributed by atoms with Crippen molar-refractivity contribution in [2.75, 3.05) is 9.80 Å². The van der Waals surface area contributed by atoms with E-state index in [0.29, 0.717) is 11.4 Å². The highest BCUT2D eigenvalue weighted by atomic mass is 16.6. The maximum Gasteiger partial charge on any atom is 0.415 e. The fraction of sp³-hybridized carbons (Fsp3) is 0.500. The molecule has 0 aliphatic carbocycles. The summed E-state index contributed by atoms with van der Waals surface area (Å²) < 4.78 is 16.9. The van der Waals surface area contributed by atoms with Gasteiger partial charge in [-0.3, -0.25) is 9.80 Å². The molecule has 2 amide bonds. The van der Waals surface area contributed by atoms with Crippen LogP contribution in [0.15, 0.2) is 48.5 Å². The van der Waals surface area contributed by atoms with E-state index in [4.69, 9.17) is 14.2 Å². The molecular formula is C32H40N2O7. The molecule has 2 aliphatic rings. The number of carbonyl (C=O) groups is 4. The number of nitrogens with zero attached hydrogens (tertiary/aromatic N) is 2. The molecule has 2 atom stereocenters. The van der Waals surface area contributed by atoms with Crippen molar-refractivity contribution >= 4 is 35.5 Å². The van der Waals surface area contributed by atoms with Gasteiger partial charge in [0.25, 0.3) is 0 Å². The second kappa shape index (κ2) is 9.89. The molecule has 0 radical (unpaired) electrons. The van der Waals surface area contributed by atoms with Gasteiger partial charge in [-0.1, -0.05) is 64.1 Å². The molecule has 2 aliphatic heterocycles. The summed E-state index contributed by atoms with van der Waals surface area (Å²) in [7, 11) is 0. The summed E-state index contributed by atoms with van der Waals surface area (Å²) in [6, 6.07) is 11.9. The van der Waals surface area contributed by atoms with Gasteiger partial charge in [0, 0.05) is 10.8 Å². The normalized spacial score (nSPS) is 20.6. The molecule has 0 saturated heterocycles. The number of ether oxygens (including phenoxy) is 3. The van der Waals surface area contributed by atoms with Crippen LogP contribution < -0.4 is 9.80 Å². The summed E-state index contributed by atoms with van der Waals surface area (Å²) >= 11 is 0. The Labute approximate surface area is 241 Å². The third-order valence-corrected chi connectivity index (χ3v) is 7.43. The number of hydrogen-bond donors (Lipinski definition) is 0. The van der Waals surface area contributed by atoms with Crippen molar-refractivity contribution < 1.29 is 33.4 Å². The topological polar surface area (TPSA) is 102 Å². The van der Waals surface area contributed by atoms with Gasteiger partial charge in [0.2, 0.25) is 0 Å². The Morgan fingerprint density at radius 2 is 0.927 bits per heavy atom. The van der Waals surface area contributed by atoms with Crippen LogP contribution in [0.4, 0.5) is 21.0 Å². The predicted molar refractivity (Wildman–Crippen MR) is 155 cm³/mol. The Kier molecular flexibility index (Phi) is 7.26. The Hall–Kier alpha value is -3.88. The van der Waals surface area contributed by atoms with Crippen LogP contribution in [0, 0.1) is 0 Å². The lowest BCUT2D eigenvalue weighted by Crippen LogP contribution is -2.56. The molecule has 4 rings (SSSR count). The molecule has 2 aromatic rings. The molecule has 0 saturated carbocycles. The minimum Gasteiger partial charge on any atom is -0.443 e. The zero-order valence-electron chi connectivity index (χ0n) is 25.5. The van der Waals surface area contributed by atoms with Crippen LogP contribution in [-0.4, -0.2) is 47.4 Å². The fourth-order valence-electron chi connectivity index (χ4n) is 5.72. The molecule has 0 bridgehead atoms. The lowest BCUT2D eigenvalue weighted by Gasteiger charge is -2.34. The van der Waals surface area contributed by atoms with Crippen LogP contribution in [0.2, 0.25) is 0 Å². The van der Waals surface area contributed by atoms with Crippen molar-refractivity contribution in [3.8, 4) is 0 Å². The van der Waals surface area contributed by atoms with Crippen molar-refractivity contribution in [3.05, 3.63) is 59.7 Å². The molecule has 41 heavy (non-hydrogen) atoms. The van der Waals surface area contributed by atoms with Crippen LogP contribution >= 0.6 is 0 Å². The number of benzene rings is 2. The van der Waals surface area contributed by atoms with Gasteiger partial charge in [0.1, 0.15) is 23.3 Å². The highest BCUT2D eigenvalue weighted by Crippen LogP contribution is 2.48. The van der Waals surface area contributed by atoms with E-state index in [9.17, 15) is 19.2 Å². The lowest BCUT2D eigenvalue weighted by atomic mass is 9.80. The SMILES string of the molecule is CC(C)(C)OC(=O)N1c2ccccc2C(C)(C)C1C(=O)OC(=O)C1N(C(=O)OC(C)(C)C)c2ccccc2C1(C)C. The maximum atomic E-state index is 13.9. The van der Waals surface area contributed by atoms with Crippen LogP contribution in [0.1, 0.15) is 80.4 Å². The first-order valence-electron chi connectivity index (χ1n) is 13.8. The molecule has 220 valence electrons. The third-order valence-electron chi connectivity index (χ3n) is 7.43. The molecule has 2 heterocycles. The van der Waals surface area contributed by atoms with Gasteiger partial charge < -0.3 is 14.2 Å². The molecule has 0 spiro atoms. The minimum atomic E-state index is -1.19. The molecule has 0 N–H and O–H groups in total. The lowest BCUT2D eigenvalue weighted by molar-refractivity contribution is -0.163. The van der Waals surface area contributed by atoms with Crippen LogP contribution in [0.25, 0.3) is 0 Å². The van der Waals surface area contributed by atoms with Gasteiger partial charge in [-0.05, 0) is 64.8 Å². The van der Waals surface area contributed by atoms with E-state index in [1.807, 2.05) is 52.0 Å². The van der Waals surface area contributed by atoms with Gasteiger partial charge in [-0.25, -0.2) is 19.2 Å². The molecule has 9 heteroatoms. The second-order valence-electron chi connectivity index (χ2n) is 13.7. The molecular weight excluding hydrogens is 524 g/mol. The first-order chi connectivity index (χ1) is 18.8. The Balaban J connectivity index is 1.71. The number of amides is 2. The Morgan fingerprint density at radius 3 is 1.24 bits per heavy atom. The van der Waals surface area contributed by atoms with Crippen LogP contribution in [0.5, 0.6) is 0 Å². The van der Waals surface area contributed by atoms with Gasteiger partial charge >= 0.3 is 24.1 Å². The van der Waals surface area contributed by atoms with Crippen molar-refractivity contribution in [3.63, 3.8) is 0 Å². The average Bonchev–Trinajstić information content (AvgIpc) is 3.21. The first-order valence-corrected chi connectivity index (χ1v) is 13.8. The number of carbonyl (C=O) groups excluding carboxylic acids is 4. The average molecular weight is 565 g/mol. The van der Waals surface area contributed by atoms with E-state index in [2.05, 4.69) is 0 Å². The maximum absolute atomic E-state index is 13.9. The van der Waals surface area contributed by atoms with E-state index in [0.717, 1.165) is 11.1 Å². The first kappa shape index (κ1) is 30.1. The molecule has 0 fully saturated rings. The van der Waals surface area contributed by atoms with E-state index in [1.165, 1.54) is 9.80 Å². The van der Waals surface area contributed by atoms with Gasteiger partial charge in [0.05, 0.1) is 11.4 Å². The summed E-state index contributed by atoms with van der Waals surface area (Å²) in [4.78, 5) is 57.3. The second-order valence-corrected chi connectivity index (χ2v) is 13.7. The number of anilines is 2. The summed E-state index contributed by atoms with van der Waals surface area (Å²) in [5, 5.41) is 0. The van der Waals surface area contributed by atoms with Gasteiger partial charge in [-0.2, -0.15) is 0 Å². The van der Waals surface area contributed by atoms with E-state index in [1.54, 1.807) is 65.8 Å². The van der Waals surface area contributed by atoms with Crippen LogP contribution in [0.3, 0.4) is 0 Å². The van der Waals surface area contributed by atoms with Crippen molar-refractivity contribution in [1.29, 1.82) is 0 Å². The summed E-state index contributed by atoms with van der Waals surface area (Å²) in [5.74, 6) is -1.84. The van der Waals surface area contributed by atoms with Gasteiger partial charge in [-0.15, -0.1) is 0 Å². The standard InChI is InChI=1S/C32H40N2O7/c1-29(2,3)40-27(37)33-21-17-13-11-15-19(21)31(7,8)23(33)25(35)39-26(36)24-32(9,10)20-16-12-14-18-22(20)34(24)28(38)41-30(4,5)6/h11-18,23-24H,1-10H3. The smallest absolute Gasteiger partial charge is 0.415 e. The van der Waals surface area contributed by atoms with Crippen molar-refractivity contribution in [2.45, 2.75) is 103 Å². The number of fused-ring (bicyclic) bond motifs is 2. The van der Waals surface area contributed by atoms with Crippen LogP contribution in [-0.2, 0) is 34.6 Å². The molecule has 2 aromatic carbocycles. The zero-order valence-corrected chi connectivity index (χ0v) is 25.5. The summed E-state index contributed by atoms with van der Waals surface area (Å²) in [5.41, 5.74) is -0.982. The largest absolute Gasteiger partial charge is 0.443 e. The Morgan fingerprint density at radius 1 is 0.610 bits per heavy atom. The molecule has 2 unspecified atom stereocenters. The van der Waals surface area contributed by atoms with E-state index in [-0.39, 0.29) is 0 Å². The fourth-order valence-corrected chi connectivity index (χ4v) is 5.72. The van der Waals surface area contributed by atoms with Crippen molar-refractivity contribution in [1.82, 2.24) is 0 Å². The molecule has 0 aromatic heterocycles. The Bertz CT molecular complexity index is 1290. The minimum absolute atomic E-state index is 0.505. The highest BCUT2D eigenvalue weighted by molar-refractivity contribution is 6.06. The number of hydrogen-bond acceptors (Lipinski definition) is 7. The third kappa shape index (κ3) is 5.42. The number of rotatable bonds is 2. The monoisotopic (exact) mass is 564 g/mol. The summed E-state index contributed by atoms with van der Waals surface area (Å²) in [6.07, 6.45) is -1.46.